The van der Waals surface area contributed by atoms with Crippen molar-refractivity contribution in [3.8, 4) is 11.5 Å². The number of rotatable bonds is 3. The first-order chi connectivity index (χ1) is 10.4. The monoisotopic (exact) mass is 277 g/mol. The van der Waals surface area contributed by atoms with Gasteiger partial charge in [-0.25, -0.2) is 0 Å². The van der Waals surface area contributed by atoms with Crippen LogP contribution in [-0.2, 0) is 6.54 Å². The minimum absolute atomic E-state index is 0.315. The summed E-state index contributed by atoms with van der Waals surface area (Å²) in [5.74, 6) is 1.65. The molecule has 4 rings (SSSR count). The Labute approximate surface area is 123 Å². The minimum Gasteiger partial charge on any atom is -0.454 e. The predicted molar refractivity (Wildman–Crippen MR) is 83.8 cm³/mol. The Kier molecular flexibility index (Phi) is 2.89. The second-order valence-corrected chi connectivity index (χ2v) is 5.07. The molecule has 3 aromatic rings. The van der Waals surface area contributed by atoms with Crippen molar-refractivity contribution in [2.24, 2.45) is 0 Å². The molecule has 0 bridgehead atoms. The lowest BCUT2D eigenvalue weighted by molar-refractivity contribution is 0.174. The van der Waals surface area contributed by atoms with E-state index in [1.54, 1.807) is 0 Å². The summed E-state index contributed by atoms with van der Waals surface area (Å²) in [4.78, 5) is 0. The van der Waals surface area contributed by atoms with E-state index in [0.717, 1.165) is 23.7 Å². The maximum Gasteiger partial charge on any atom is 0.231 e. The van der Waals surface area contributed by atoms with Gasteiger partial charge in [0.25, 0.3) is 0 Å². The Morgan fingerprint density at radius 2 is 1.71 bits per heavy atom. The number of ether oxygens (including phenoxy) is 2. The summed E-state index contributed by atoms with van der Waals surface area (Å²) < 4.78 is 10.7. The molecule has 1 heterocycles. The third-order valence-electron chi connectivity index (χ3n) is 3.71. The molecule has 1 aliphatic heterocycles. The van der Waals surface area contributed by atoms with Gasteiger partial charge < -0.3 is 14.8 Å². The molecule has 0 fully saturated rings. The highest BCUT2D eigenvalue weighted by Crippen LogP contribution is 2.33. The van der Waals surface area contributed by atoms with Gasteiger partial charge in [0.15, 0.2) is 11.5 Å². The first-order valence-electron chi connectivity index (χ1n) is 7.00. The lowest BCUT2D eigenvalue weighted by Gasteiger charge is -2.10. The molecule has 0 radical (unpaired) electrons. The van der Waals surface area contributed by atoms with Crippen molar-refractivity contribution in [2.75, 3.05) is 12.1 Å². The van der Waals surface area contributed by atoms with Gasteiger partial charge in [-0.2, -0.15) is 0 Å². The van der Waals surface area contributed by atoms with Gasteiger partial charge in [0.1, 0.15) is 0 Å². The number of hydrogen-bond donors (Lipinski definition) is 1. The molecule has 1 N–H and O–H groups in total. The molecule has 3 heteroatoms. The lowest BCUT2D eigenvalue weighted by Crippen LogP contribution is -1.99. The molecule has 0 spiro atoms. The molecule has 0 amide bonds. The summed E-state index contributed by atoms with van der Waals surface area (Å²) in [5.41, 5.74) is 2.32. The van der Waals surface area contributed by atoms with Gasteiger partial charge in [-0.15, -0.1) is 0 Å². The van der Waals surface area contributed by atoms with Crippen molar-refractivity contribution in [2.45, 2.75) is 6.54 Å². The molecule has 0 saturated heterocycles. The molecule has 0 aromatic heterocycles. The van der Waals surface area contributed by atoms with E-state index in [1.807, 2.05) is 12.1 Å². The zero-order valence-corrected chi connectivity index (χ0v) is 11.5. The third-order valence-corrected chi connectivity index (χ3v) is 3.71. The maximum absolute atomic E-state index is 5.41. The van der Waals surface area contributed by atoms with Crippen molar-refractivity contribution < 1.29 is 9.47 Å². The number of nitrogens with one attached hydrogen (secondary N) is 1. The number of anilines is 1. The summed E-state index contributed by atoms with van der Waals surface area (Å²) in [7, 11) is 0. The van der Waals surface area contributed by atoms with Crippen LogP contribution in [0.25, 0.3) is 10.8 Å². The highest BCUT2D eigenvalue weighted by Gasteiger charge is 2.13. The maximum atomic E-state index is 5.41. The van der Waals surface area contributed by atoms with Crippen LogP contribution in [0.15, 0.2) is 60.7 Å². The Balaban J connectivity index is 1.58. The van der Waals surface area contributed by atoms with Crippen LogP contribution in [0.4, 0.5) is 5.69 Å². The van der Waals surface area contributed by atoms with Crippen LogP contribution in [0.1, 0.15) is 5.56 Å². The highest BCUT2D eigenvalue weighted by molar-refractivity contribution is 5.93. The average molecular weight is 277 g/mol. The summed E-state index contributed by atoms with van der Waals surface area (Å²) in [6.45, 7) is 1.07. The summed E-state index contributed by atoms with van der Waals surface area (Å²) in [6, 6.07) is 20.7. The fraction of sp³-hybridized carbons (Fsp3) is 0.111. The van der Waals surface area contributed by atoms with E-state index in [-0.39, 0.29) is 0 Å². The van der Waals surface area contributed by atoms with Gasteiger partial charge in [0.2, 0.25) is 6.79 Å². The largest absolute Gasteiger partial charge is 0.454 e. The molecule has 0 aliphatic carbocycles. The SMILES string of the molecule is c1ccc2c(NCc3ccc4c(c3)OCO4)cccc2c1. The first kappa shape index (κ1) is 12.1. The molecule has 0 saturated carbocycles. The molecule has 0 unspecified atom stereocenters. The van der Waals surface area contributed by atoms with Crippen LogP contribution in [-0.4, -0.2) is 6.79 Å². The minimum atomic E-state index is 0.315. The van der Waals surface area contributed by atoms with Crippen molar-refractivity contribution in [1.29, 1.82) is 0 Å². The summed E-state index contributed by atoms with van der Waals surface area (Å²) in [6.07, 6.45) is 0. The zero-order chi connectivity index (χ0) is 14.1. The van der Waals surface area contributed by atoms with Crippen LogP contribution >= 0.6 is 0 Å². The van der Waals surface area contributed by atoms with Gasteiger partial charge in [0.05, 0.1) is 0 Å². The second-order valence-electron chi connectivity index (χ2n) is 5.07. The van der Waals surface area contributed by atoms with Gasteiger partial charge in [-0.1, -0.05) is 42.5 Å². The van der Waals surface area contributed by atoms with E-state index >= 15 is 0 Å². The molecular formula is C18H15NO2. The zero-order valence-electron chi connectivity index (χ0n) is 11.5. The van der Waals surface area contributed by atoms with Crippen LogP contribution in [0.2, 0.25) is 0 Å². The quantitative estimate of drug-likeness (QED) is 0.779. The lowest BCUT2D eigenvalue weighted by atomic mass is 10.1. The van der Waals surface area contributed by atoms with Gasteiger partial charge in [0, 0.05) is 17.6 Å². The molecule has 3 nitrogen and oxygen atoms in total. The molecule has 0 atom stereocenters. The van der Waals surface area contributed by atoms with E-state index in [4.69, 9.17) is 9.47 Å². The Morgan fingerprint density at radius 3 is 2.71 bits per heavy atom. The second kappa shape index (κ2) is 5.02. The predicted octanol–water partition coefficient (Wildman–Crippen LogP) is 4.18. The van der Waals surface area contributed by atoms with Gasteiger partial charge in [-0.3, -0.25) is 0 Å². The van der Waals surface area contributed by atoms with Crippen molar-refractivity contribution in [3.63, 3.8) is 0 Å². The fourth-order valence-electron chi connectivity index (χ4n) is 2.63. The number of benzene rings is 3. The summed E-state index contributed by atoms with van der Waals surface area (Å²) in [5, 5.41) is 5.98. The normalized spacial score (nSPS) is 12.6. The number of hydrogen-bond acceptors (Lipinski definition) is 3. The van der Waals surface area contributed by atoms with Crippen molar-refractivity contribution in [1.82, 2.24) is 0 Å². The van der Waals surface area contributed by atoms with Crippen molar-refractivity contribution in [3.05, 3.63) is 66.2 Å². The van der Waals surface area contributed by atoms with Gasteiger partial charge in [-0.05, 0) is 29.1 Å². The van der Waals surface area contributed by atoms with E-state index in [0.29, 0.717) is 6.79 Å². The van der Waals surface area contributed by atoms with Crippen LogP contribution in [0.5, 0.6) is 11.5 Å². The smallest absolute Gasteiger partial charge is 0.231 e. The van der Waals surface area contributed by atoms with Crippen LogP contribution in [0.3, 0.4) is 0 Å². The molecule has 104 valence electrons. The van der Waals surface area contributed by atoms with E-state index in [2.05, 4.69) is 53.8 Å². The number of fused-ring (bicyclic) bond motifs is 2. The first-order valence-corrected chi connectivity index (χ1v) is 7.00. The Hall–Kier alpha value is -2.68. The fourth-order valence-corrected chi connectivity index (χ4v) is 2.63. The third kappa shape index (κ3) is 2.27. The molecular weight excluding hydrogens is 262 g/mol. The van der Waals surface area contributed by atoms with Crippen LogP contribution in [0, 0.1) is 0 Å². The van der Waals surface area contributed by atoms with Crippen LogP contribution < -0.4 is 14.8 Å². The molecule has 1 aliphatic rings. The van der Waals surface area contributed by atoms with E-state index < -0.39 is 0 Å². The molecule has 21 heavy (non-hydrogen) atoms. The standard InChI is InChI=1S/C18H15NO2/c1-2-6-15-14(4-1)5-3-7-16(15)19-11-13-8-9-17-18(10-13)21-12-20-17/h1-10,19H,11-12H2. The molecule has 3 aromatic carbocycles. The topological polar surface area (TPSA) is 30.5 Å². The van der Waals surface area contributed by atoms with E-state index in [1.165, 1.54) is 16.3 Å². The van der Waals surface area contributed by atoms with Crippen molar-refractivity contribution >= 4 is 16.5 Å². The Morgan fingerprint density at radius 1 is 0.857 bits per heavy atom. The Bertz CT molecular complexity index is 793. The summed E-state index contributed by atoms with van der Waals surface area (Å²) >= 11 is 0. The van der Waals surface area contributed by atoms with Gasteiger partial charge >= 0.3 is 0 Å². The highest BCUT2D eigenvalue weighted by atomic mass is 16.7. The van der Waals surface area contributed by atoms with E-state index in [9.17, 15) is 0 Å². The average Bonchev–Trinajstić information content (AvgIpc) is 3.00.